The Labute approximate surface area is 189 Å². The van der Waals surface area contributed by atoms with Crippen LogP contribution < -0.4 is 19.5 Å². The smallest absolute Gasteiger partial charge is 0.243 e. The Morgan fingerprint density at radius 3 is 2.22 bits per heavy atom. The Balaban J connectivity index is 1.63. The van der Waals surface area contributed by atoms with Gasteiger partial charge in [0.25, 0.3) is 0 Å². The van der Waals surface area contributed by atoms with Crippen LogP contribution in [-0.2, 0) is 14.8 Å². The van der Waals surface area contributed by atoms with E-state index in [0.717, 1.165) is 11.3 Å². The van der Waals surface area contributed by atoms with E-state index in [1.54, 1.807) is 13.2 Å². The molecular weight excluding hydrogens is 432 g/mol. The lowest BCUT2D eigenvalue weighted by molar-refractivity contribution is -0.126. The van der Waals surface area contributed by atoms with Crippen molar-refractivity contribution in [3.8, 4) is 17.2 Å². The fourth-order valence-corrected chi connectivity index (χ4v) is 5.40. The Morgan fingerprint density at radius 1 is 0.969 bits per heavy atom. The molecule has 0 saturated carbocycles. The number of hydrogen-bond acceptors (Lipinski definition) is 6. The number of hydrogen-bond donors (Lipinski definition) is 1. The van der Waals surface area contributed by atoms with Crippen molar-refractivity contribution in [3.05, 3.63) is 48.0 Å². The van der Waals surface area contributed by atoms with E-state index in [1.807, 2.05) is 31.2 Å². The van der Waals surface area contributed by atoms with Crippen LogP contribution >= 0.6 is 0 Å². The van der Waals surface area contributed by atoms with Crippen molar-refractivity contribution in [1.82, 2.24) is 9.62 Å². The summed E-state index contributed by atoms with van der Waals surface area (Å²) in [5.41, 5.74) is 0.900. The van der Waals surface area contributed by atoms with Crippen LogP contribution in [0.3, 0.4) is 0 Å². The predicted molar refractivity (Wildman–Crippen MR) is 121 cm³/mol. The van der Waals surface area contributed by atoms with Gasteiger partial charge < -0.3 is 19.5 Å². The van der Waals surface area contributed by atoms with Gasteiger partial charge in [-0.25, -0.2) is 8.42 Å². The van der Waals surface area contributed by atoms with Crippen molar-refractivity contribution in [3.63, 3.8) is 0 Å². The molecule has 0 aliphatic carbocycles. The lowest BCUT2D eigenvalue weighted by Crippen LogP contribution is -2.43. The van der Waals surface area contributed by atoms with Crippen molar-refractivity contribution in [1.29, 1.82) is 0 Å². The molecule has 0 spiro atoms. The number of piperidine rings is 1. The summed E-state index contributed by atoms with van der Waals surface area (Å²) >= 11 is 0. The normalized spacial score (nSPS) is 16.2. The highest BCUT2D eigenvalue weighted by Crippen LogP contribution is 2.32. The maximum absolute atomic E-state index is 13.1. The predicted octanol–water partition coefficient (Wildman–Crippen LogP) is 2.99. The average molecular weight is 463 g/mol. The molecule has 1 heterocycles. The molecule has 1 saturated heterocycles. The first-order valence-corrected chi connectivity index (χ1v) is 11.9. The molecule has 0 aromatic heterocycles. The summed E-state index contributed by atoms with van der Waals surface area (Å²) in [6.07, 6.45) is 0.911. The summed E-state index contributed by atoms with van der Waals surface area (Å²) in [7, 11) is 0.864. The third kappa shape index (κ3) is 4.99. The minimum absolute atomic E-state index is 0.0772. The summed E-state index contributed by atoms with van der Waals surface area (Å²) in [5.74, 6) is 1.21. The van der Waals surface area contributed by atoms with Crippen LogP contribution in [0.1, 0.15) is 31.4 Å². The molecule has 1 amide bonds. The number of rotatable bonds is 8. The molecule has 1 aliphatic heterocycles. The van der Waals surface area contributed by atoms with Crippen LogP contribution in [0.5, 0.6) is 17.2 Å². The van der Waals surface area contributed by atoms with Gasteiger partial charge in [-0.05, 0) is 38.0 Å². The van der Waals surface area contributed by atoms with E-state index in [2.05, 4.69) is 5.32 Å². The third-order valence-corrected chi connectivity index (χ3v) is 7.68. The summed E-state index contributed by atoms with van der Waals surface area (Å²) in [6, 6.07) is 11.9. The lowest BCUT2D eigenvalue weighted by Gasteiger charge is -2.31. The Bertz CT molecular complexity index is 1050. The molecule has 2 aromatic carbocycles. The molecule has 32 heavy (non-hydrogen) atoms. The molecule has 8 nitrogen and oxygen atoms in total. The fraction of sp³-hybridized carbons (Fsp3) is 0.435. The van der Waals surface area contributed by atoms with Crippen LogP contribution in [0.25, 0.3) is 0 Å². The number of carbonyl (C=O) groups is 1. The molecule has 0 radical (unpaired) electrons. The van der Waals surface area contributed by atoms with E-state index >= 15 is 0 Å². The zero-order valence-electron chi connectivity index (χ0n) is 18.8. The van der Waals surface area contributed by atoms with E-state index in [9.17, 15) is 13.2 Å². The zero-order chi connectivity index (χ0) is 23.3. The SMILES string of the molecule is COc1ccc(S(=O)(=O)N2CCC(C(=O)N[C@@H](C)c3ccccc3OC)CC2)cc1OC. The van der Waals surface area contributed by atoms with E-state index in [4.69, 9.17) is 14.2 Å². The van der Waals surface area contributed by atoms with E-state index in [-0.39, 0.29) is 35.9 Å². The molecule has 1 N–H and O–H groups in total. The van der Waals surface area contributed by atoms with E-state index in [1.165, 1.54) is 30.7 Å². The van der Waals surface area contributed by atoms with Crippen molar-refractivity contribution < 1.29 is 27.4 Å². The van der Waals surface area contributed by atoms with Crippen LogP contribution in [-0.4, -0.2) is 53.0 Å². The average Bonchev–Trinajstić information content (AvgIpc) is 2.83. The van der Waals surface area contributed by atoms with E-state index in [0.29, 0.717) is 24.3 Å². The van der Waals surface area contributed by atoms with Gasteiger partial charge in [-0.2, -0.15) is 4.31 Å². The summed E-state index contributed by atoms with van der Waals surface area (Å²) < 4.78 is 43.4. The molecular formula is C23H30N2O6S. The largest absolute Gasteiger partial charge is 0.496 e. The number of sulfonamides is 1. The maximum atomic E-state index is 13.1. The molecule has 174 valence electrons. The highest BCUT2D eigenvalue weighted by atomic mass is 32.2. The second-order valence-electron chi connectivity index (χ2n) is 7.67. The van der Waals surface area contributed by atoms with Gasteiger partial charge in [-0.1, -0.05) is 18.2 Å². The summed E-state index contributed by atoms with van der Waals surface area (Å²) in [5, 5.41) is 3.04. The van der Waals surface area contributed by atoms with Gasteiger partial charge in [0.1, 0.15) is 5.75 Å². The van der Waals surface area contributed by atoms with Crippen LogP contribution in [0.15, 0.2) is 47.4 Å². The summed E-state index contributed by atoms with van der Waals surface area (Å²) in [4.78, 5) is 13.0. The number of nitrogens with zero attached hydrogens (tertiary/aromatic N) is 1. The Morgan fingerprint density at radius 2 is 1.59 bits per heavy atom. The summed E-state index contributed by atoms with van der Waals surface area (Å²) in [6.45, 7) is 2.46. The first-order chi connectivity index (χ1) is 15.3. The van der Waals surface area contributed by atoms with Crippen molar-refractivity contribution in [2.24, 2.45) is 5.92 Å². The van der Waals surface area contributed by atoms with Gasteiger partial charge in [0.2, 0.25) is 15.9 Å². The number of carbonyl (C=O) groups excluding carboxylic acids is 1. The molecule has 2 aromatic rings. The second-order valence-corrected chi connectivity index (χ2v) is 9.61. The van der Waals surface area contributed by atoms with Gasteiger partial charge in [0.15, 0.2) is 11.5 Å². The second kappa shape index (κ2) is 10.2. The standard InChI is InChI=1S/C23H30N2O6S/c1-16(19-7-5-6-8-20(19)29-2)24-23(26)17-11-13-25(14-12-17)32(27,28)18-9-10-21(30-3)22(15-18)31-4/h5-10,15-17H,11-14H2,1-4H3,(H,24,26)/t16-/m0/s1. The minimum atomic E-state index is -3.69. The Kier molecular flexibility index (Phi) is 7.63. The third-order valence-electron chi connectivity index (χ3n) is 5.78. The number of methoxy groups -OCH3 is 3. The first-order valence-electron chi connectivity index (χ1n) is 10.5. The quantitative estimate of drug-likeness (QED) is 0.648. The number of benzene rings is 2. The molecule has 0 bridgehead atoms. The topological polar surface area (TPSA) is 94.2 Å². The highest BCUT2D eigenvalue weighted by Gasteiger charge is 2.33. The molecule has 1 fully saturated rings. The van der Waals surface area contributed by atoms with Crippen molar-refractivity contribution in [2.75, 3.05) is 34.4 Å². The van der Waals surface area contributed by atoms with Crippen molar-refractivity contribution in [2.45, 2.75) is 30.7 Å². The maximum Gasteiger partial charge on any atom is 0.243 e. The van der Waals surface area contributed by atoms with Crippen LogP contribution in [0.2, 0.25) is 0 Å². The highest BCUT2D eigenvalue weighted by molar-refractivity contribution is 7.89. The fourth-order valence-electron chi connectivity index (χ4n) is 3.92. The van der Waals surface area contributed by atoms with Crippen LogP contribution in [0.4, 0.5) is 0 Å². The van der Waals surface area contributed by atoms with Gasteiger partial charge >= 0.3 is 0 Å². The van der Waals surface area contributed by atoms with Gasteiger partial charge in [-0.3, -0.25) is 4.79 Å². The number of para-hydroxylation sites is 1. The first kappa shape index (κ1) is 23.9. The van der Waals surface area contributed by atoms with Gasteiger partial charge in [0.05, 0.1) is 32.3 Å². The molecule has 1 aliphatic rings. The lowest BCUT2D eigenvalue weighted by atomic mass is 9.96. The monoisotopic (exact) mass is 462 g/mol. The number of ether oxygens (including phenoxy) is 3. The minimum Gasteiger partial charge on any atom is -0.496 e. The Hall–Kier alpha value is -2.78. The van der Waals surface area contributed by atoms with Crippen molar-refractivity contribution >= 4 is 15.9 Å². The van der Waals surface area contributed by atoms with Gasteiger partial charge in [-0.15, -0.1) is 0 Å². The molecule has 0 unspecified atom stereocenters. The zero-order valence-corrected chi connectivity index (χ0v) is 19.6. The van der Waals surface area contributed by atoms with Crippen LogP contribution in [0, 0.1) is 5.92 Å². The molecule has 3 rings (SSSR count). The van der Waals surface area contributed by atoms with E-state index < -0.39 is 10.0 Å². The number of nitrogens with one attached hydrogen (secondary N) is 1. The van der Waals surface area contributed by atoms with Gasteiger partial charge in [0, 0.05) is 30.6 Å². The number of amides is 1. The molecule has 9 heteroatoms. The molecule has 1 atom stereocenters.